The molecule has 1 amide bonds. The highest BCUT2D eigenvalue weighted by Gasteiger charge is 2.25. The maximum Gasteiger partial charge on any atom is 0.353 e. The molecule has 0 aromatic heterocycles. The van der Waals surface area contributed by atoms with E-state index in [0.29, 0.717) is 24.4 Å². The van der Waals surface area contributed by atoms with Gasteiger partial charge in [0.05, 0.1) is 12.4 Å². The monoisotopic (exact) mass is 384 g/mol. The van der Waals surface area contributed by atoms with Gasteiger partial charge in [-0.3, -0.25) is 19.5 Å². The molecule has 0 unspecified atom stereocenters. The average Bonchev–Trinajstić information content (AvgIpc) is 2.56. The Balaban J connectivity index is 5.33. The normalized spacial score (nSPS) is 12.8. The van der Waals surface area contributed by atoms with Crippen LogP contribution in [-0.2, 0) is 23.9 Å². The lowest BCUT2D eigenvalue weighted by molar-refractivity contribution is -0.146. The number of carbonyl (C=O) groups excluding carboxylic acids is 4. The van der Waals surface area contributed by atoms with E-state index in [1.54, 1.807) is 20.8 Å². The van der Waals surface area contributed by atoms with Crippen LogP contribution in [0.3, 0.4) is 0 Å². The van der Waals surface area contributed by atoms with Crippen LogP contribution in [-0.4, -0.2) is 52.4 Å². The number of carbonyl (C=O) groups is 4. The quantitative estimate of drug-likeness (QED) is 0.274. The van der Waals surface area contributed by atoms with Gasteiger partial charge in [-0.1, -0.05) is 11.9 Å². The standard InChI is InChI=1S/C16H24N4O5S/c1-16(2,3)25-15(24)12(6-4-10(21)8-17)20-14(23)13(26-19)7-5-11(22)9-18/h8-9,13,17-18H,4-7,19H2,1-3H3/t13-/m0/s1. The summed E-state index contributed by atoms with van der Waals surface area (Å²) < 4.78 is 5.18. The number of aliphatic imine (C=N–C) groups is 1. The molecule has 0 radical (unpaired) electrons. The fraction of sp³-hybridized carbons (Fsp3) is 0.562. The van der Waals surface area contributed by atoms with Crippen LogP contribution in [0, 0.1) is 10.8 Å². The van der Waals surface area contributed by atoms with Crippen molar-refractivity contribution < 1.29 is 23.9 Å². The number of Topliss-reactive ketones (excluding diaryl/α,β-unsaturated/α-hetero) is 2. The summed E-state index contributed by atoms with van der Waals surface area (Å²) in [6, 6.07) is 0. The minimum absolute atomic E-state index is 0.0479. The Bertz CT molecular complexity index is 610. The number of nitrogens with one attached hydrogen (secondary N) is 2. The van der Waals surface area contributed by atoms with Gasteiger partial charge >= 0.3 is 5.97 Å². The molecule has 10 heteroatoms. The molecule has 144 valence electrons. The van der Waals surface area contributed by atoms with Gasteiger partial charge in [0.25, 0.3) is 5.91 Å². The van der Waals surface area contributed by atoms with Crippen molar-refractivity contribution in [1.82, 2.24) is 0 Å². The van der Waals surface area contributed by atoms with Gasteiger partial charge in [-0.2, -0.15) is 0 Å². The zero-order valence-electron chi connectivity index (χ0n) is 15.0. The highest BCUT2D eigenvalue weighted by Crippen LogP contribution is 2.15. The van der Waals surface area contributed by atoms with Gasteiger partial charge in [-0.15, -0.1) is 0 Å². The minimum Gasteiger partial charge on any atom is -0.455 e. The predicted molar refractivity (Wildman–Crippen MR) is 99.9 cm³/mol. The van der Waals surface area contributed by atoms with E-state index in [9.17, 15) is 19.2 Å². The highest BCUT2D eigenvalue weighted by atomic mass is 32.2. The van der Waals surface area contributed by atoms with Gasteiger partial charge in [0.2, 0.25) is 0 Å². The molecule has 0 aliphatic carbocycles. The predicted octanol–water partition coefficient (Wildman–Crippen LogP) is 1.27. The number of hydrogen-bond acceptors (Lipinski definition) is 9. The molecule has 0 heterocycles. The largest absolute Gasteiger partial charge is 0.455 e. The Morgan fingerprint density at radius 3 is 2.08 bits per heavy atom. The van der Waals surface area contributed by atoms with Crippen LogP contribution < -0.4 is 5.14 Å². The molecule has 0 bridgehead atoms. The van der Waals surface area contributed by atoms with Crippen LogP contribution in [0.1, 0.15) is 46.5 Å². The molecule has 9 nitrogen and oxygen atoms in total. The van der Waals surface area contributed by atoms with Crippen molar-refractivity contribution in [2.75, 3.05) is 0 Å². The summed E-state index contributed by atoms with van der Waals surface area (Å²) in [4.78, 5) is 50.7. The second-order valence-corrected chi connectivity index (χ2v) is 7.12. The van der Waals surface area contributed by atoms with Gasteiger partial charge < -0.3 is 15.6 Å². The van der Waals surface area contributed by atoms with E-state index in [2.05, 4.69) is 4.99 Å². The summed E-state index contributed by atoms with van der Waals surface area (Å²) in [5, 5.41) is 18.3. The van der Waals surface area contributed by atoms with Crippen molar-refractivity contribution in [1.29, 1.82) is 10.8 Å². The van der Waals surface area contributed by atoms with E-state index in [4.69, 9.17) is 20.7 Å². The van der Waals surface area contributed by atoms with E-state index in [0.717, 1.165) is 0 Å². The number of amides is 1. The van der Waals surface area contributed by atoms with E-state index >= 15 is 0 Å². The van der Waals surface area contributed by atoms with E-state index in [1.807, 2.05) is 0 Å². The van der Waals surface area contributed by atoms with Crippen LogP contribution in [0.25, 0.3) is 0 Å². The fourth-order valence-corrected chi connectivity index (χ4v) is 2.08. The molecule has 1 atom stereocenters. The first-order valence-electron chi connectivity index (χ1n) is 7.81. The number of ether oxygens (including phenoxy) is 1. The lowest BCUT2D eigenvalue weighted by Crippen LogP contribution is -2.31. The van der Waals surface area contributed by atoms with Crippen molar-refractivity contribution in [2.45, 2.75) is 57.3 Å². The first kappa shape index (κ1) is 23.8. The SMILES string of the molecule is CC(C)(C)OC(=O)C(CCC(=O)C=N)=NC(=O)[C@H](CCC(=O)C=N)SN. The van der Waals surface area contributed by atoms with Gasteiger partial charge in [-0.05, 0) is 27.2 Å². The Morgan fingerprint density at radius 2 is 1.62 bits per heavy atom. The van der Waals surface area contributed by atoms with E-state index < -0.39 is 34.3 Å². The van der Waals surface area contributed by atoms with Crippen LogP contribution in [0.5, 0.6) is 0 Å². The van der Waals surface area contributed by atoms with Crippen molar-refractivity contribution >= 4 is 53.5 Å². The van der Waals surface area contributed by atoms with Gasteiger partial charge in [0, 0.05) is 19.3 Å². The average molecular weight is 384 g/mol. The third kappa shape index (κ3) is 9.94. The summed E-state index contributed by atoms with van der Waals surface area (Å²) >= 11 is 0.687. The smallest absolute Gasteiger partial charge is 0.353 e. The van der Waals surface area contributed by atoms with Crippen LogP contribution in [0.2, 0.25) is 0 Å². The molecule has 0 aromatic carbocycles. The molecule has 26 heavy (non-hydrogen) atoms. The molecule has 0 saturated carbocycles. The summed E-state index contributed by atoms with van der Waals surface area (Å²) in [7, 11) is 0. The topological polar surface area (TPSA) is 164 Å². The molecule has 0 fully saturated rings. The lowest BCUT2D eigenvalue weighted by Gasteiger charge is -2.20. The molecule has 0 rings (SSSR count). The first-order chi connectivity index (χ1) is 12.0. The second kappa shape index (κ2) is 11.4. The molecule has 0 aromatic rings. The summed E-state index contributed by atoms with van der Waals surface area (Å²) in [6.07, 6.45) is 0.974. The molecule has 0 spiro atoms. The minimum atomic E-state index is -0.866. The van der Waals surface area contributed by atoms with E-state index in [-0.39, 0.29) is 31.4 Å². The second-order valence-electron chi connectivity index (χ2n) is 6.28. The Labute approximate surface area is 156 Å². The van der Waals surface area contributed by atoms with Gasteiger partial charge in [-0.25, -0.2) is 9.79 Å². The Kier molecular flexibility index (Phi) is 10.5. The van der Waals surface area contributed by atoms with Gasteiger partial charge in [0.15, 0.2) is 11.6 Å². The third-order valence-corrected chi connectivity index (χ3v) is 3.67. The number of esters is 1. The molecule has 0 aliphatic rings. The molecule has 0 saturated heterocycles. The number of nitrogens with zero attached hydrogens (tertiary/aromatic N) is 1. The number of nitrogens with two attached hydrogens (primary N) is 1. The van der Waals surface area contributed by atoms with Crippen LogP contribution in [0.15, 0.2) is 4.99 Å². The van der Waals surface area contributed by atoms with E-state index in [1.165, 1.54) is 0 Å². The van der Waals surface area contributed by atoms with Crippen LogP contribution >= 0.6 is 11.9 Å². The molecule has 4 N–H and O–H groups in total. The van der Waals surface area contributed by atoms with Crippen molar-refractivity contribution in [2.24, 2.45) is 10.1 Å². The highest BCUT2D eigenvalue weighted by molar-refractivity contribution is 7.98. The Hall–Kier alpha value is -2.20. The summed E-state index contributed by atoms with van der Waals surface area (Å²) in [5.74, 6) is -2.53. The van der Waals surface area contributed by atoms with Crippen LogP contribution in [0.4, 0.5) is 0 Å². The summed E-state index contributed by atoms with van der Waals surface area (Å²) in [6.45, 7) is 4.94. The third-order valence-electron chi connectivity index (χ3n) is 2.90. The number of hydrogen-bond donors (Lipinski definition) is 3. The molecular formula is C16H24N4O5S. The zero-order chi connectivity index (χ0) is 20.3. The fourth-order valence-electron chi connectivity index (χ4n) is 1.65. The van der Waals surface area contributed by atoms with Crippen molar-refractivity contribution in [3.05, 3.63) is 0 Å². The lowest BCUT2D eigenvalue weighted by atomic mass is 10.1. The summed E-state index contributed by atoms with van der Waals surface area (Å²) in [5.41, 5.74) is -1.05. The Morgan fingerprint density at radius 1 is 1.08 bits per heavy atom. The number of rotatable bonds is 11. The van der Waals surface area contributed by atoms with Gasteiger partial charge in [0.1, 0.15) is 16.6 Å². The molecule has 0 aliphatic heterocycles. The maximum absolute atomic E-state index is 12.3. The number of ketones is 2. The van der Waals surface area contributed by atoms with Crippen molar-refractivity contribution in [3.63, 3.8) is 0 Å². The zero-order valence-corrected chi connectivity index (χ0v) is 15.9. The first-order valence-corrected chi connectivity index (χ1v) is 8.75. The molecular weight excluding hydrogens is 360 g/mol. The maximum atomic E-state index is 12.3. The van der Waals surface area contributed by atoms with Crippen molar-refractivity contribution in [3.8, 4) is 0 Å².